The van der Waals surface area contributed by atoms with Gasteiger partial charge in [0.05, 0.1) is 13.7 Å². The maximum absolute atomic E-state index is 12.1. The molecule has 0 bridgehead atoms. The van der Waals surface area contributed by atoms with Crippen molar-refractivity contribution in [1.82, 2.24) is 5.32 Å². The van der Waals surface area contributed by atoms with Crippen molar-refractivity contribution in [3.8, 4) is 5.75 Å². The molecule has 0 heterocycles. The molecule has 0 spiro atoms. The molecule has 0 saturated carbocycles. The molecule has 1 unspecified atom stereocenters. The second kappa shape index (κ2) is 6.24. The molecule has 5 heteroatoms. The quantitative estimate of drug-likeness (QED) is 0.760. The summed E-state index contributed by atoms with van der Waals surface area (Å²) in [7, 11) is 3.28. The Hall–Kier alpha value is -1.59. The molecule has 0 fully saturated rings. The number of nitrogens with one attached hydrogen (secondary N) is 1. The van der Waals surface area contributed by atoms with Gasteiger partial charge in [-0.15, -0.1) is 0 Å². The first-order chi connectivity index (χ1) is 9.64. The molecule has 20 heavy (non-hydrogen) atoms. The number of hydrogen-bond acceptors (Lipinski definition) is 4. The van der Waals surface area contributed by atoms with E-state index < -0.39 is 5.54 Å². The molecular weight excluding hydrogens is 256 g/mol. The summed E-state index contributed by atoms with van der Waals surface area (Å²) in [5.41, 5.74) is 6.99. The van der Waals surface area contributed by atoms with Crippen LogP contribution in [-0.4, -0.2) is 33.3 Å². The summed E-state index contributed by atoms with van der Waals surface area (Å²) in [5.74, 6) is 0.473. The number of methoxy groups -OCH3 is 2. The van der Waals surface area contributed by atoms with Crippen LogP contribution in [-0.2, 0) is 21.5 Å². The Morgan fingerprint density at radius 3 is 2.90 bits per heavy atom. The summed E-state index contributed by atoms with van der Waals surface area (Å²) in [6, 6.07) is 5.81. The minimum Gasteiger partial charge on any atom is -0.497 e. The summed E-state index contributed by atoms with van der Waals surface area (Å²) in [6.45, 7) is 1.13. The van der Waals surface area contributed by atoms with E-state index in [4.69, 9.17) is 15.2 Å². The number of amides is 1. The summed E-state index contributed by atoms with van der Waals surface area (Å²) in [6.07, 6.45) is 2.57. The smallest absolute Gasteiger partial charge is 0.242 e. The van der Waals surface area contributed by atoms with Crippen LogP contribution in [0.2, 0.25) is 0 Å². The van der Waals surface area contributed by atoms with Crippen LogP contribution in [0.5, 0.6) is 5.75 Å². The molecule has 0 radical (unpaired) electrons. The third-order valence-electron chi connectivity index (χ3n) is 3.92. The Balaban J connectivity index is 2.37. The van der Waals surface area contributed by atoms with Crippen molar-refractivity contribution < 1.29 is 14.3 Å². The normalized spacial score (nSPS) is 21.3. The fourth-order valence-corrected chi connectivity index (χ4v) is 2.89. The average molecular weight is 278 g/mol. The predicted octanol–water partition coefficient (Wildman–Crippen LogP) is 0.948. The van der Waals surface area contributed by atoms with E-state index in [1.807, 2.05) is 18.2 Å². The molecule has 1 atom stereocenters. The van der Waals surface area contributed by atoms with Crippen molar-refractivity contribution in [2.24, 2.45) is 5.73 Å². The molecule has 0 saturated heterocycles. The zero-order valence-electron chi connectivity index (χ0n) is 12.1. The fraction of sp³-hybridized carbons (Fsp3) is 0.533. The van der Waals surface area contributed by atoms with Gasteiger partial charge in [0.15, 0.2) is 0 Å². The van der Waals surface area contributed by atoms with E-state index in [1.54, 1.807) is 14.2 Å². The number of aryl methyl sites for hydroxylation is 1. The topological polar surface area (TPSA) is 73.6 Å². The Bertz CT molecular complexity index is 490. The molecule has 3 N–H and O–H groups in total. The lowest BCUT2D eigenvalue weighted by Gasteiger charge is -2.37. The van der Waals surface area contributed by atoms with Gasteiger partial charge in [-0.2, -0.15) is 0 Å². The molecular formula is C15H22N2O3. The van der Waals surface area contributed by atoms with Gasteiger partial charge in [-0.05, 0) is 42.5 Å². The highest BCUT2D eigenvalue weighted by Gasteiger charge is 2.41. The largest absolute Gasteiger partial charge is 0.497 e. The van der Waals surface area contributed by atoms with Crippen molar-refractivity contribution in [1.29, 1.82) is 0 Å². The van der Waals surface area contributed by atoms with Gasteiger partial charge in [-0.25, -0.2) is 0 Å². The maximum atomic E-state index is 12.1. The monoisotopic (exact) mass is 278 g/mol. The standard InChI is InChI=1S/C15H22N2O3/c1-19-9-8-17-15(14(16)18)7-3-4-11-10-12(20-2)5-6-13(11)15/h5-6,10,17H,3-4,7-9H2,1-2H3,(H2,16,18). The Labute approximate surface area is 119 Å². The van der Waals surface area contributed by atoms with E-state index in [0.717, 1.165) is 29.7 Å². The summed E-state index contributed by atoms with van der Waals surface area (Å²) in [4.78, 5) is 12.1. The van der Waals surface area contributed by atoms with E-state index in [0.29, 0.717) is 19.6 Å². The molecule has 0 aromatic heterocycles. The fourth-order valence-electron chi connectivity index (χ4n) is 2.89. The zero-order valence-corrected chi connectivity index (χ0v) is 12.1. The number of carbonyl (C=O) groups excluding carboxylic acids is 1. The van der Waals surface area contributed by atoms with Gasteiger partial charge in [0.25, 0.3) is 0 Å². The van der Waals surface area contributed by atoms with Gasteiger partial charge in [0.1, 0.15) is 11.3 Å². The first-order valence-corrected chi connectivity index (χ1v) is 6.85. The number of hydrogen-bond donors (Lipinski definition) is 2. The molecule has 2 rings (SSSR count). The van der Waals surface area contributed by atoms with Crippen molar-refractivity contribution in [3.63, 3.8) is 0 Å². The van der Waals surface area contributed by atoms with Crippen LogP contribution in [0.3, 0.4) is 0 Å². The SMILES string of the molecule is COCCNC1(C(N)=O)CCCc2cc(OC)ccc21. The van der Waals surface area contributed by atoms with Crippen LogP contribution in [0.4, 0.5) is 0 Å². The lowest BCUT2D eigenvalue weighted by Crippen LogP contribution is -2.55. The third-order valence-corrected chi connectivity index (χ3v) is 3.92. The van der Waals surface area contributed by atoms with Gasteiger partial charge in [0, 0.05) is 13.7 Å². The summed E-state index contributed by atoms with van der Waals surface area (Å²) >= 11 is 0. The van der Waals surface area contributed by atoms with E-state index in [9.17, 15) is 4.79 Å². The van der Waals surface area contributed by atoms with Crippen LogP contribution in [0.1, 0.15) is 24.0 Å². The lowest BCUT2D eigenvalue weighted by molar-refractivity contribution is -0.125. The van der Waals surface area contributed by atoms with Crippen LogP contribution in [0.25, 0.3) is 0 Å². The molecule has 1 aromatic rings. The number of benzene rings is 1. The highest BCUT2D eigenvalue weighted by molar-refractivity contribution is 5.87. The van der Waals surface area contributed by atoms with E-state index >= 15 is 0 Å². The van der Waals surface area contributed by atoms with Gasteiger partial charge in [-0.3, -0.25) is 10.1 Å². The van der Waals surface area contributed by atoms with Crippen LogP contribution in [0, 0.1) is 0 Å². The summed E-state index contributed by atoms with van der Waals surface area (Å²) < 4.78 is 10.3. The first-order valence-electron chi connectivity index (χ1n) is 6.85. The van der Waals surface area contributed by atoms with E-state index in [2.05, 4.69) is 5.32 Å². The van der Waals surface area contributed by atoms with Gasteiger partial charge in [0.2, 0.25) is 5.91 Å². The number of carbonyl (C=O) groups is 1. The van der Waals surface area contributed by atoms with Gasteiger partial charge < -0.3 is 15.2 Å². The molecule has 1 aromatic carbocycles. The van der Waals surface area contributed by atoms with Crippen molar-refractivity contribution in [2.45, 2.75) is 24.8 Å². The lowest BCUT2D eigenvalue weighted by atomic mass is 9.75. The van der Waals surface area contributed by atoms with Crippen LogP contribution >= 0.6 is 0 Å². The number of nitrogens with two attached hydrogens (primary N) is 1. The second-order valence-corrected chi connectivity index (χ2v) is 5.07. The zero-order chi connectivity index (χ0) is 14.6. The summed E-state index contributed by atoms with van der Waals surface area (Å²) in [5, 5.41) is 3.29. The predicted molar refractivity (Wildman–Crippen MR) is 76.7 cm³/mol. The molecule has 1 aliphatic carbocycles. The minimum atomic E-state index is -0.793. The van der Waals surface area contributed by atoms with Crippen molar-refractivity contribution in [2.75, 3.05) is 27.4 Å². The minimum absolute atomic E-state index is 0.334. The number of rotatable bonds is 6. The molecule has 1 aliphatic rings. The van der Waals surface area contributed by atoms with Gasteiger partial charge in [-0.1, -0.05) is 6.07 Å². The average Bonchev–Trinajstić information content (AvgIpc) is 2.46. The van der Waals surface area contributed by atoms with Crippen molar-refractivity contribution >= 4 is 5.91 Å². The highest BCUT2D eigenvalue weighted by atomic mass is 16.5. The Morgan fingerprint density at radius 2 is 2.25 bits per heavy atom. The molecule has 5 nitrogen and oxygen atoms in total. The van der Waals surface area contributed by atoms with E-state index in [-0.39, 0.29) is 5.91 Å². The molecule has 0 aliphatic heterocycles. The van der Waals surface area contributed by atoms with Crippen LogP contribution in [0.15, 0.2) is 18.2 Å². The first kappa shape index (κ1) is 14.8. The molecule has 110 valence electrons. The second-order valence-electron chi connectivity index (χ2n) is 5.07. The maximum Gasteiger partial charge on any atom is 0.242 e. The van der Waals surface area contributed by atoms with Gasteiger partial charge >= 0.3 is 0 Å². The Morgan fingerprint density at radius 1 is 1.45 bits per heavy atom. The molecule has 1 amide bonds. The number of primary amides is 1. The Kier molecular flexibility index (Phi) is 4.62. The van der Waals surface area contributed by atoms with Crippen molar-refractivity contribution in [3.05, 3.63) is 29.3 Å². The van der Waals surface area contributed by atoms with E-state index in [1.165, 1.54) is 0 Å². The highest BCUT2D eigenvalue weighted by Crippen LogP contribution is 2.36. The van der Waals surface area contributed by atoms with Crippen LogP contribution < -0.4 is 15.8 Å². The number of ether oxygens (including phenoxy) is 2. The third kappa shape index (κ3) is 2.64. The number of fused-ring (bicyclic) bond motifs is 1.